The molecule has 3 atom stereocenters. The Bertz CT molecular complexity index is 632. The van der Waals surface area contributed by atoms with E-state index in [0.29, 0.717) is 5.56 Å². The zero-order valence-electron chi connectivity index (χ0n) is 13.7. The summed E-state index contributed by atoms with van der Waals surface area (Å²) in [6, 6.07) is 5.30. The SMILES string of the molecule is CC(CNC(=O)C1CC(=O)N(C)C1c1ccc(F)cc1)CC(=O)O. The molecule has 1 aliphatic rings. The van der Waals surface area contributed by atoms with Crippen LogP contribution < -0.4 is 5.32 Å². The summed E-state index contributed by atoms with van der Waals surface area (Å²) in [5, 5.41) is 11.5. The second-order valence-corrected chi connectivity index (χ2v) is 6.26. The topological polar surface area (TPSA) is 86.7 Å². The van der Waals surface area contributed by atoms with Crippen LogP contribution in [0, 0.1) is 17.7 Å². The average Bonchev–Trinajstić information content (AvgIpc) is 2.81. The van der Waals surface area contributed by atoms with Crippen molar-refractivity contribution in [2.75, 3.05) is 13.6 Å². The Morgan fingerprint density at radius 1 is 1.38 bits per heavy atom. The first kappa shape index (κ1) is 17.9. The van der Waals surface area contributed by atoms with E-state index in [1.807, 2.05) is 0 Å². The van der Waals surface area contributed by atoms with E-state index in [2.05, 4.69) is 5.32 Å². The lowest BCUT2D eigenvalue weighted by Crippen LogP contribution is -2.37. The first-order valence-electron chi connectivity index (χ1n) is 7.80. The number of carbonyl (C=O) groups is 3. The number of nitrogens with one attached hydrogen (secondary N) is 1. The Balaban J connectivity index is 2.08. The molecule has 1 heterocycles. The van der Waals surface area contributed by atoms with Crippen molar-refractivity contribution in [3.05, 3.63) is 35.6 Å². The van der Waals surface area contributed by atoms with Crippen molar-refractivity contribution < 1.29 is 23.9 Å². The first-order valence-corrected chi connectivity index (χ1v) is 7.80. The number of hydrogen-bond donors (Lipinski definition) is 2. The molecular formula is C17H21FN2O4. The number of amides is 2. The van der Waals surface area contributed by atoms with Crippen molar-refractivity contribution >= 4 is 17.8 Å². The lowest BCUT2D eigenvalue weighted by Gasteiger charge is -2.25. The summed E-state index contributed by atoms with van der Waals surface area (Å²) in [5.74, 6) is -2.52. The Kier molecular flexibility index (Phi) is 5.54. The lowest BCUT2D eigenvalue weighted by atomic mass is 9.92. The molecule has 130 valence electrons. The van der Waals surface area contributed by atoms with Gasteiger partial charge in [-0.3, -0.25) is 14.4 Å². The fourth-order valence-electron chi connectivity index (χ4n) is 3.00. The molecule has 0 spiro atoms. The number of aliphatic carboxylic acids is 1. The van der Waals surface area contributed by atoms with Crippen molar-refractivity contribution in [1.82, 2.24) is 10.2 Å². The predicted molar refractivity (Wildman–Crippen MR) is 84.4 cm³/mol. The second kappa shape index (κ2) is 7.42. The molecule has 1 fully saturated rings. The number of carboxylic acid groups (broad SMARTS) is 1. The van der Waals surface area contributed by atoms with Crippen molar-refractivity contribution in [2.24, 2.45) is 11.8 Å². The summed E-state index contributed by atoms with van der Waals surface area (Å²) in [4.78, 5) is 36.6. The molecule has 2 N–H and O–H groups in total. The third-order valence-corrected chi connectivity index (χ3v) is 4.28. The molecule has 7 heteroatoms. The number of carboxylic acids is 1. The molecule has 0 aliphatic carbocycles. The van der Waals surface area contributed by atoms with E-state index in [4.69, 9.17) is 5.11 Å². The monoisotopic (exact) mass is 336 g/mol. The van der Waals surface area contributed by atoms with Gasteiger partial charge in [-0.25, -0.2) is 4.39 Å². The highest BCUT2D eigenvalue weighted by molar-refractivity contribution is 5.90. The quantitative estimate of drug-likeness (QED) is 0.826. The predicted octanol–water partition coefficient (Wildman–Crippen LogP) is 1.57. The van der Waals surface area contributed by atoms with Gasteiger partial charge in [0, 0.05) is 26.4 Å². The summed E-state index contributed by atoms with van der Waals surface area (Å²) < 4.78 is 13.1. The van der Waals surface area contributed by atoms with Crippen molar-refractivity contribution in [3.63, 3.8) is 0 Å². The van der Waals surface area contributed by atoms with Crippen LogP contribution in [0.3, 0.4) is 0 Å². The molecule has 1 aromatic carbocycles. The Hall–Kier alpha value is -2.44. The minimum absolute atomic E-state index is 0.0365. The number of nitrogens with zero attached hydrogens (tertiary/aromatic N) is 1. The fraction of sp³-hybridized carbons (Fsp3) is 0.471. The van der Waals surface area contributed by atoms with Crippen LogP contribution in [0.15, 0.2) is 24.3 Å². The molecule has 2 amide bonds. The minimum atomic E-state index is -0.920. The number of rotatable bonds is 6. The van der Waals surface area contributed by atoms with E-state index < -0.39 is 17.9 Å². The fourth-order valence-corrected chi connectivity index (χ4v) is 3.00. The van der Waals surface area contributed by atoms with E-state index in [0.717, 1.165) is 0 Å². The second-order valence-electron chi connectivity index (χ2n) is 6.26. The third kappa shape index (κ3) is 4.10. The first-order chi connectivity index (χ1) is 11.3. The maximum atomic E-state index is 13.1. The zero-order valence-corrected chi connectivity index (χ0v) is 13.7. The summed E-state index contributed by atoms with van der Waals surface area (Å²) >= 11 is 0. The van der Waals surface area contributed by atoms with Crippen LogP contribution in [0.4, 0.5) is 4.39 Å². The molecule has 2 rings (SSSR count). The van der Waals surface area contributed by atoms with Gasteiger partial charge in [0.25, 0.3) is 0 Å². The van der Waals surface area contributed by atoms with Crippen LogP contribution in [-0.2, 0) is 14.4 Å². The van der Waals surface area contributed by atoms with Crippen LogP contribution in [0.1, 0.15) is 31.4 Å². The number of benzene rings is 1. The largest absolute Gasteiger partial charge is 0.481 e. The Morgan fingerprint density at radius 2 is 2.00 bits per heavy atom. The number of likely N-dealkylation sites (tertiary alicyclic amines) is 1. The molecule has 6 nitrogen and oxygen atoms in total. The molecule has 0 saturated carbocycles. The molecule has 24 heavy (non-hydrogen) atoms. The van der Waals surface area contributed by atoms with Crippen molar-refractivity contribution in [2.45, 2.75) is 25.8 Å². The maximum Gasteiger partial charge on any atom is 0.303 e. The average molecular weight is 336 g/mol. The Morgan fingerprint density at radius 3 is 2.58 bits per heavy atom. The van der Waals surface area contributed by atoms with Crippen molar-refractivity contribution in [1.29, 1.82) is 0 Å². The number of carbonyl (C=O) groups excluding carboxylic acids is 2. The van der Waals surface area contributed by atoms with Gasteiger partial charge in [-0.15, -0.1) is 0 Å². The molecule has 0 aromatic heterocycles. The van der Waals surface area contributed by atoms with E-state index in [1.165, 1.54) is 17.0 Å². The van der Waals surface area contributed by atoms with Crippen LogP contribution >= 0.6 is 0 Å². The lowest BCUT2D eigenvalue weighted by molar-refractivity contribution is -0.138. The van der Waals surface area contributed by atoms with Crippen LogP contribution in [0.25, 0.3) is 0 Å². The van der Waals surface area contributed by atoms with Gasteiger partial charge in [0.2, 0.25) is 11.8 Å². The Labute approximate surface area is 139 Å². The van der Waals surface area contributed by atoms with E-state index in [9.17, 15) is 18.8 Å². The highest BCUT2D eigenvalue weighted by atomic mass is 19.1. The minimum Gasteiger partial charge on any atom is -0.481 e. The van der Waals surface area contributed by atoms with Gasteiger partial charge in [-0.05, 0) is 23.6 Å². The van der Waals surface area contributed by atoms with Gasteiger partial charge >= 0.3 is 5.97 Å². The van der Waals surface area contributed by atoms with Gasteiger partial charge in [-0.1, -0.05) is 19.1 Å². The van der Waals surface area contributed by atoms with Gasteiger partial charge in [-0.2, -0.15) is 0 Å². The summed E-state index contributed by atoms with van der Waals surface area (Å²) in [7, 11) is 1.62. The van der Waals surface area contributed by atoms with Gasteiger partial charge in [0.15, 0.2) is 0 Å². The van der Waals surface area contributed by atoms with E-state index in [1.54, 1.807) is 26.1 Å². The zero-order chi connectivity index (χ0) is 17.9. The maximum absolute atomic E-state index is 13.1. The standard InChI is InChI=1S/C17H21FN2O4/c1-10(7-15(22)23)9-19-17(24)13-8-14(21)20(2)16(13)11-3-5-12(18)6-4-11/h3-6,10,13,16H,7-9H2,1-2H3,(H,19,24)(H,22,23). The molecule has 1 aromatic rings. The summed E-state index contributed by atoms with van der Waals surface area (Å²) in [5.41, 5.74) is 0.698. The van der Waals surface area contributed by atoms with Crippen LogP contribution in [0.5, 0.6) is 0 Å². The normalized spacial score (nSPS) is 21.6. The van der Waals surface area contributed by atoms with Gasteiger partial charge < -0.3 is 15.3 Å². The molecule has 0 bridgehead atoms. The van der Waals surface area contributed by atoms with E-state index in [-0.39, 0.29) is 42.9 Å². The van der Waals surface area contributed by atoms with Gasteiger partial charge in [0.05, 0.1) is 12.0 Å². The number of hydrogen-bond acceptors (Lipinski definition) is 3. The van der Waals surface area contributed by atoms with Crippen molar-refractivity contribution in [3.8, 4) is 0 Å². The molecule has 1 aliphatic heterocycles. The van der Waals surface area contributed by atoms with Crippen LogP contribution in [-0.4, -0.2) is 41.4 Å². The third-order valence-electron chi connectivity index (χ3n) is 4.28. The summed E-state index contributed by atoms with van der Waals surface area (Å²) in [6.45, 7) is 1.97. The number of halogens is 1. The van der Waals surface area contributed by atoms with Crippen LogP contribution in [0.2, 0.25) is 0 Å². The van der Waals surface area contributed by atoms with E-state index >= 15 is 0 Å². The smallest absolute Gasteiger partial charge is 0.303 e. The molecular weight excluding hydrogens is 315 g/mol. The van der Waals surface area contributed by atoms with Gasteiger partial charge in [0.1, 0.15) is 5.82 Å². The molecule has 1 saturated heterocycles. The summed E-state index contributed by atoms with van der Waals surface area (Å²) in [6.07, 6.45) is 0.0445. The molecule has 0 radical (unpaired) electrons. The molecule has 3 unspecified atom stereocenters. The highest BCUT2D eigenvalue weighted by Crippen LogP contribution is 2.37. The highest BCUT2D eigenvalue weighted by Gasteiger charge is 2.42.